The first-order valence-electron chi connectivity index (χ1n) is 11.7. The zero-order chi connectivity index (χ0) is 23.6. The number of methoxy groups -OCH3 is 2. The number of allylic oxidation sites excluding steroid dienone is 1. The van der Waals surface area contributed by atoms with Gasteiger partial charge in [-0.05, 0) is 67.5 Å². The van der Waals surface area contributed by atoms with E-state index in [1.807, 2.05) is 30.3 Å². The van der Waals surface area contributed by atoms with Crippen molar-refractivity contribution in [2.75, 3.05) is 14.2 Å². The first-order chi connectivity index (χ1) is 16.1. The van der Waals surface area contributed by atoms with Crippen molar-refractivity contribution in [1.82, 2.24) is 0 Å². The second-order valence-electron chi connectivity index (χ2n) is 8.56. The Kier molecular flexibility index (Phi) is 8.95. The summed E-state index contributed by atoms with van der Waals surface area (Å²) >= 11 is 0. The van der Waals surface area contributed by atoms with Gasteiger partial charge in [0, 0.05) is 5.56 Å². The lowest BCUT2D eigenvalue weighted by Crippen LogP contribution is -2.25. The molecule has 1 saturated carbocycles. The molecule has 0 unspecified atom stereocenters. The second kappa shape index (κ2) is 12.1. The fourth-order valence-electron chi connectivity index (χ4n) is 4.43. The third-order valence-corrected chi connectivity index (χ3v) is 6.37. The van der Waals surface area contributed by atoms with E-state index < -0.39 is 0 Å². The first kappa shape index (κ1) is 24.4. The van der Waals surface area contributed by atoms with E-state index in [4.69, 9.17) is 14.2 Å². The van der Waals surface area contributed by atoms with E-state index >= 15 is 0 Å². The van der Waals surface area contributed by atoms with Crippen LogP contribution in [0, 0.1) is 23.2 Å². The number of esters is 1. The molecule has 2 aromatic carbocycles. The number of carbonyl (C=O) groups excluding carboxylic acids is 1. The van der Waals surface area contributed by atoms with Gasteiger partial charge in [-0.2, -0.15) is 5.26 Å². The molecule has 1 fully saturated rings. The van der Waals surface area contributed by atoms with Gasteiger partial charge in [0.05, 0.1) is 31.8 Å². The molecule has 0 saturated heterocycles. The van der Waals surface area contributed by atoms with Gasteiger partial charge < -0.3 is 14.2 Å². The van der Waals surface area contributed by atoms with Crippen LogP contribution in [0.3, 0.4) is 0 Å². The molecule has 0 spiro atoms. The van der Waals surface area contributed by atoms with Crippen LogP contribution in [0.1, 0.15) is 63.0 Å². The Hall–Kier alpha value is -3.26. The maximum absolute atomic E-state index is 12.8. The summed E-state index contributed by atoms with van der Waals surface area (Å²) in [7, 11) is 3.13. The highest BCUT2D eigenvalue weighted by Gasteiger charge is 2.28. The van der Waals surface area contributed by atoms with Crippen molar-refractivity contribution in [3.05, 3.63) is 53.6 Å². The highest BCUT2D eigenvalue weighted by atomic mass is 16.6. The fourth-order valence-corrected chi connectivity index (χ4v) is 4.43. The van der Waals surface area contributed by atoms with Crippen LogP contribution in [-0.2, 0) is 4.79 Å². The summed E-state index contributed by atoms with van der Waals surface area (Å²) in [6, 6.07) is 15.0. The van der Waals surface area contributed by atoms with E-state index in [1.54, 1.807) is 32.4 Å². The fraction of sp³-hybridized carbons (Fsp3) is 0.429. The van der Waals surface area contributed by atoms with Crippen molar-refractivity contribution in [2.24, 2.45) is 11.8 Å². The Morgan fingerprint density at radius 1 is 1.03 bits per heavy atom. The molecule has 1 aliphatic rings. The Morgan fingerprint density at radius 3 is 2.42 bits per heavy atom. The smallest absolute Gasteiger partial charge is 0.314 e. The summed E-state index contributed by atoms with van der Waals surface area (Å²) in [5.74, 6) is 2.01. The van der Waals surface area contributed by atoms with Crippen molar-refractivity contribution in [1.29, 1.82) is 5.26 Å². The standard InChI is InChI=1S/C28H33NO4/c1-4-5-8-20-11-14-22(15-12-20)28(30)33-26-16-13-21(18-27(26)32-3)17-23(19-29)24-9-6-7-10-25(24)31-2/h6-7,9-10,13,16-18,20,22H,4-5,8,11-12,14-15H2,1-3H3/b23-17-. The van der Waals surface area contributed by atoms with Gasteiger partial charge in [0.25, 0.3) is 0 Å². The van der Waals surface area contributed by atoms with Crippen LogP contribution in [-0.4, -0.2) is 20.2 Å². The molecule has 1 aliphatic carbocycles. The highest BCUT2D eigenvalue weighted by molar-refractivity contribution is 5.92. The zero-order valence-electron chi connectivity index (χ0n) is 19.8. The lowest BCUT2D eigenvalue weighted by Gasteiger charge is -2.27. The molecular weight excluding hydrogens is 414 g/mol. The Morgan fingerprint density at radius 2 is 1.76 bits per heavy atom. The number of benzene rings is 2. The average Bonchev–Trinajstić information content (AvgIpc) is 2.86. The van der Waals surface area contributed by atoms with Gasteiger partial charge in [-0.15, -0.1) is 0 Å². The first-order valence-corrected chi connectivity index (χ1v) is 11.7. The summed E-state index contributed by atoms with van der Waals surface area (Å²) in [6.07, 6.45) is 9.50. The quantitative estimate of drug-likeness (QED) is 0.186. The number of nitrogens with zero attached hydrogens (tertiary/aromatic N) is 1. The molecule has 0 bridgehead atoms. The van der Waals surface area contributed by atoms with Crippen LogP contribution in [0.2, 0.25) is 0 Å². The number of hydrogen-bond acceptors (Lipinski definition) is 5. The minimum atomic E-state index is -0.183. The second-order valence-corrected chi connectivity index (χ2v) is 8.56. The topological polar surface area (TPSA) is 68.6 Å². The van der Waals surface area contributed by atoms with Crippen LogP contribution in [0.15, 0.2) is 42.5 Å². The molecular formula is C28H33NO4. The third-order valence-electron chi connectivity index (χ3n) is 6.37. The number of nitriles is 1. The van der Waals surface area contributed by atoms with Crippen LogP contribution >= 0.6 is 0 Å². The van der Waals surface area contributed by atoms with Gasteiger partial charge in [-0.1, -0.05) is 44.4 Å². The van der Waals surface area contributed by atoms with Crippen molar-refractivity contribution in [3.63, 3.8) is 0 Å². The average molecular weight is 448 g/mol. The van der Waals surface area contributed by atoms with Gasteiger partial charge in [-0.25, -0.2) is 0 Å². The molecule has 3 rings (SSSR count). The summed E-state index contributed by atoms with van der Waals surface area (Å²) in [4.78, 5) is 12.8. The molecule has 0 radical (unpaired) electrons. The number of hydrogen-bond donors (Lipinski definition) is 0. The van der Waals surface area contributed by atoms with Gasteiger partial charge >= 0.3 is 5.97 Å². The molecule has 33 heavy (non-hydrogen) atoms. The number of carbonyl (C=O) groups is 1. The molecule has 0 N–H and O–H groups in total. The van der Waals surface area contributed by atoms with Crippen molar-refractivity contribution in [2.45, 2.75) is 51.9 Å². The van der Waals surface area contributed by atoms with E-state index in [2.05, 4.69) is 13.0 Å². The predicted octanol–water partition coefficient (Wildman–Crippen LogP) is 6.67. The maximum atomic E-state index is 12.8. The molecule has 0 atom stereocenters. The van der Waals surface area contributed by atoms with E-state index in [9.17, 15) is 10.1 Å². The molecule has 5 heteroatoms. The molecule has 5 nitrogen and oxygen atoms in total. The zero-order valence-corrected chi connectivity index (χ0v) is 19.8. The number of para-hydroxylation sites is 1. The number of unbranched alkanes of at least 4 members (excludes halogenated alkanes) is 1. The minimum Gasteiger partial charge on any atom is -0.496 e. The lowest BCUT2D eigenvalue weighted by atomic mass is 9.80. The summed E-state index contributed by atoms with van der Waals surface area (Å²) in [5.41, 5.74) is 1.95. The van der Waals surface area contributed by atoms with E-state index in [0.29, 0.717) is 28.4 Å². The number of rotatable bonds is 9. The molecule has 0 amide bonds. The van der Waals surface area contributed by atoms with Crippen LogP contribution in [0.5, 0.6) is 17.2 Å². The maximum Gasteiger partial charge on any atom is 0.314 e. The number of ether oxygens (including phenoxy) is 3. The van der Waals surface area contributed by atoms with Crippen LogP contribution in [0.25, 0.3) is 11.6 Å². The lowest BCUT2D eigenvalue weighted by molar-refractivity contribution is -0.140. The minimum absolute atomic E-state index is 0.0529. The predicted molar refractivity (Wildman–Crippen MR) is 130 cm³/mol. The van der Waals surface area contributed by atoms with Crippen molar-refractivity contribution < 1.29 is 19.0 Å². The molecule has 2 aromatic rings. The molecule has 0 aliphatic heterocycles. The van der Waals surface area contributed by atoms with Crippen molar-refractivity contribution >= 4 is 17.6 Å². The van der Waals surface area contributed by atoms with Crippen molar-refractivity contribution in [3.8, 4) is 23.3 Å². The monoisotopic (exact) mass is 447 g/mol. The van der Waals surface area contributed by atoms with Gasteiger partial charge in [0.1, 0.15) is 5.75 Å². The summed E-state index contributed by atoms with van der Waals surface area (Å²) in [6.45, 7) is 2.22. The van der Waals surface area contributed by atoms with Crippen LogP contribution in [0.4, 0.5) is 0 Å². The van der Waals surface area contributed by atoms with Gasteiger partial charge in [-0.3, -0.25) is 4.79 Å². The molecule has 0 heterocycles. The Bertz CT molecular complexity index is 1010. The normalized spacial score (nSPS) is 18.3. The van der Waals surface area contributed by atoms with E-state index in [-0.39, 0.29) is 11.9 Å². The van der Waals surface area contributed by atoms with E-state index in [1.165, 1.54) is 19.3 Å². The highest BCUT2D eigenvalue weighted by Crippen LogP contribution is 2.35. The van der Waals surface area contributed by atoms with Crippen LogP contribution < -0.4 is 14.2 Å². The molecule has 174 valence electrons. The third kappa shape index (κ3) is 6.38. The summed E-state index contributed by atoms with van der Waals surface area (Å²) in [5, 5.41) is 9.70. The Labute approximate surface area is 197 Å². The van der Waals surface area contributed by atoms with E-state index in [0.717, 1.165) is 37.2 Å². The van der Waals surface area contributed by atoms with Gasteiger partial charge in [0.15, 0.2) is 11.5 Å². The Balaban J connectivity index is 1.71. The SMILES string of the molecule is CCCCC1CCC(C(=O)Oc2ccc(/C=C(/C#N)c3ccccc3OC)cc2OC)CC1. The van der Waals surface area contributed by atoms with Gasteiger partial charge in [0.2, 0.25) is 0 Å². The molecule has 0 aromatic heterocycles. The largest absolute Gasteiger partial charge is 0.496 e. The summed E-state index contributed by atoms with van der Waals surface area (Å²) < 4.78 is 16.6.